The number of nitrogens with one attached hydrogen (secondary N) is 1. The van der Waals surface area contributed by atoms with Gasteiger partial charge < -0.3 is 10.1 Å². The van der Waals surface area contributed by atoms with Gasteiger partial charge in [-0.1, -0.05) is 30.3 Å². The van der Waals surface area contributed by atoms with Gasteiger partial charge in [0.25, 0.3) is 0 Å². The summed E-state index contributed by atoms with van der Waals surface area (Å²) in [4.78, 5) is 12.4. The molecule has 0 bridgehead atoms. The summed E-state index contributed by atoms with van der Waals surface area (Å²) in [6.45, 7) is 1.67. The Balaban J connectivity index is 2.25. The number of hydrogen-bond donors (Lipinski definition) is 1. The summed E-state index contributed by atoms with van der Waals surface area (Å²) in [7, 11) is -2.39. The van der Waals surface area contributed by atoms with Crippen LogP contribution in [0.15, 0.2) is 59.5 Å². The van der Waals surface area contributed by atoms with E-state index in [-0.39, 0.29) is 24.0 Å². The number of hydrogen-bond acceptors (Lipinski definition) is 4. The maximum absolute atomic E-state index is 13.1. The van der Waals surface area contributed by atoms with Crippen molar-refractivity contribution in [1.82, 2.24) is 9.62 Å². The van der Waals surface area contributed by atoms with Crippen molar-refractivity contribution in [3.8, 4) is 0 Å². The van der Waals surface area contributed by atoms with Gasteiger partial charge in [-0.2, -0.15) is 4.31 Å². The third kappa shape index (κ3) is 6.13. The number of carbonyl (C=O) groups excluding carboxylic acids is 1. The molecule has 0 spiro atoms. The highest BCUT2D eigenvalue weighted by atomic mass is 32.2. The molecule has 0 aliphatic heterocycles. The van der Waals surface area contributed by atoms with Crippen LogP contribution in [-0.4, -0.2) is 44.9 Å². The summed E-state index contributed by atoms with van der Waals surface area (Å²) >= 11 is 0. The van der Waals surface area contributed by atoms with E-state index in [1.54, 1.807) is 25.1 Å². The summed E-state index contributed by atoms with van der Waals surface area (Å²) in [6, 6.07) is 13.1. The van der Waals surface area contributed by atoms with Crippen LogP contribution in [0.1, 0.15) is 12.5 Å². The van der Waals surface area contributed by atoms with Crippen molar-refractivity contribution < 1.29 is 22.3 Å². The first-order chi connectivity index (χ1) is 12.8. The number of rotatable bonds is 9. The van der Waals surface area contributed by atoms with Gasteiger partial charge in [0.05, 0.1) is 18.0 Å². The van der Waals surface area contributed by atoms with Crippen LogP contribution in [0.3, 0.4) is 0 Å². The number of halogens is 1. The van der Waals surface area contributed by atoms with Gasteiger partial charge in [-0.3, -0.25) is 4.79 Å². The molecule has 8 heteroatoms. The molecule has 1 N–H and O–H groups in total. The van der Waals surface area contributed by atoms with Crippen molar-refractivity contribution in [3.05, 3.63) is 66.0 Å². The van der Waals surface area contributed by atoms with Crippen molar-refractivity contribution in [2.45, 2.75) is 24.4 Å². The minimum atomic E-state index is -3.91. The number of carbonyl (C=O) groups is 1. The van der Waals surface area contributed by atoms with E-state index in [2.05, 4.69) is 5.32 Å². The fourth-order valence-corrected chi connectivity index (χ4v) is 3.94. The zero-order chi connectivity index (χ0) is 19.9. The molecule has 0 aliphatic carbocycles. The molecule has 0 aromatic heterocycles. The molecule has 0 saturated heterocycles. The van der Waals surface area contributed by atoms with Crippen molar-refractivity contribution >= 4 is 15.9 Å². The SMILES string of the molecule is COC[C@H](C)NC(=O)CN(Cc1ccc(F)cc1)S(=O)(=O)c1ccccc1. The fraction of sp³-hybridized carbons (Fsp3) is 0.316. The Hall–Kier alpha value is -2.29. The lowest BCUT2D eigenvalue weighted by Gasteiger charge is -2.23. The van der Waals surface area contributed by atoms with Crippen molar-refractivity contribution in [1.29, 1.82) is 0 Å². The maximum atomic E-state index is 13.1. The molecule has 2 aromatic rings. The van der Waals surface area contributed by atoms with E-state index >= 15 is 0 Å². The molecule has 146 valence electrons. The molecule has 1 amide bonds. The second kappa shape index (κ2) is 9.59. The van der Waals surface area contributed by atoms with Gasteiger partial charge in [0, 0.05) is 19.7 Å². The van der Waals surface area contributed by atoms with E-state index in [9.17, 15) is 17.6 Å². The zero-order valence-corrected chi connectivity index (χ0v) is 16.1. The quantitative estimate of drug-likeness (QED) is 0.707. The lowest BCUT2D eigenvalue weighted by Crippen LogP contribution is -2.44. The highest BCUT2D eigenvalue weighted by molar-refractivity contribution is 7.89. The molecule has 2 aromatic carbocycles. The van der Waals surface area contributed by atoms with Crippen LogP contribution in [0.25, 0.3) is 0 Å². The summed E-state index contributed by atoms with van der Waals surface area (Å²) in [5.41, 5.74) is 0.577. The standard InChI is InChI=1S/C19H23FN2O4S/c1-15(14-26-2)21-19(23)13-22(12-16-8-10-17(20)11-9-16)27(24,25)18-6-4-3-5-7-18/h3-11,15H,12-14H2,1-2H3,(H,21,23)/t15-/m0/s1. The van der Waals surface area contributed by atoms with Crippen molar-refractivity contribution in [2.75, 3.05) is 20.3 Å². The molecular formula is C19H23FN2O4S. The summed E-state index contributed by atoms with van der Waals surface area (Å²) in [5, 5.41) is 2.70. The van der Waals surface area contributed by atoms with Gasteiger partial charge in [-0.25, -0.2) is 12.8 Å². The third-order valence-corrected chi connectivity index (χ3v) is 5.60. The second-order valence-corrected chi connectivity index (χ2v) is 8.07. The summed E-state index contributed by atoms with van der Waals surface area (Å²) < 4.78 is 45.2. The van der Waals surface area contributed by atoms with E-state index < -0.39 is 21.7 Å². The van der Waals surface area contributed by atoms with E-state index in [1.165, 1.54) is 43.5 Å². The van der Waals surface area contributed by atoms with Crippen LogP contribution in [0.5, 0.6) is 0 Å². The van der Waals surface area contributed by atoms with Crippen LogP contribution >= 0.6 is 0 Å². The van der Waals surface area contributed by atoms with Gasteiger partial charge >= 0.3 is 0 Å². The van der Waals surface area contributed by atoms with Crippen molar-refractivity contribution in [3.63, 3.8) is 0 Å². The normalized spacial score (nSPS) is 12.7. The van der Waals surface area contributed by atoms with E-state index in [0.717, 1.165) is 4.31 Å². The maximum Gasteiger partial charge on any atom is 0.243 e. The Morgan fingerprint density at radius 1 is 1.15 bits per heavy atom. The second-order valence-electron chi connectivity index (χ2n) is 6.14. The van der Waals surface area contributed by atoms with Crippen LogP contribution in [-0.2, 0) is 26.1 Å². The number of methoxy groups -OCH3 is 1. The number of ether oxygens (including phenoxy) is 1. The average Bonchev–Trinajstić information content (AvgIpc) is 2.63. The first kappa shape index (κ1) is 21.0. The molecule has 0 saturated carbocycles. The molecule has 1 atom stereocenters. The van der Waals surface area contributed by atoms with Gasteiger partial charge in [0.1, 0.15) is 5.82 Å². The predicted octanol–water partition coefficient (Wildman–Crippen LogP) is 2.17. The Morgan fingerprint density at radius 2 is 1.78 bits per heavy atom. The first-order valence-corrected chi connectivity index (χ1v) is 9.85. The van der Waals surface area contributed by atoms with Crippen LogP contribution in [0, 0.1) is 5.82 Å². The topological polar surface area (TPSA) is 75.7 Å². The fourth-order valence-electron chi connectivity index (χ4n) is 2.53. The number of nitrogens with zero attached hydrogens (tertiary/aromatic N) is 1. The molecule has 6 nitrogen and oxygen atoms in total. The Labute approximate surface area is 159 Å². The minimum absolute atomic E-state index is 0.0520. The van der Waals surface area contributed by atoms with Gasteiger partial charge in [-0.05, 0) is 36.8 Å². The summed E-state index contributed by atoms with van der Waals surface area (Å²) in [5.74, 6) is -0.858. The van der Waals surface area contributed by atoms with Crippen LogP contribution < -0.4 is 5.32 Å². The lowest BCUT2D eigenvalue weighted by atomic mass is 10.2. The van der Waals surface area contributed by atoms with Gasteiger partial charge in [0.15, 0.2) is 0 Å². The average molecular weight is 394 g/mol. The lowest BCUT2D eigenvalue weighted by molar-refractivity contribution is -0.122. The number of amides is 1. The molecule has 0 fully saturated rings. The summed E-state index contributed by atoms with van der Waals surface area (Å²) in [6.07, 6.45) is 0. The molecular weight excluding hydrogens is 371 g/mol. The monoisotopic (exact) mass is 394 g/mol. The Bertz CT molecular complexity index is 842. The molecule has 2 rings (SSSR count). The number of sulfonamides is 1. The van der Waals surface area contributed by atoms with Gasteiger partial charge in [0.2, 0.25) is 15.9 Å². The zero-order valence-electron chi connectivity index (χ0n) is 15.3. The predicted molar refractivity (Wildman–Crippen MR) is 99.9 cm³/mol. The molecule has 27 heavy (non-hydrogen) atoms. The Morgan fingerprint density at radius 3 is 2.37 bits per heavy atom. The number of benzene rings is 2. The molecule has 0 aliphatic rings. The van der Waals surface area contributed by atoms with Crippen LogP contribution in [0.4, 0.5) is 4.39 Å². The van der Waals surface area contributed by atoms with Crippen molar-refractivity contribution in [2.24, 2.45) is 0 Å². The smallest absolute Gasteiger partial charge is 0.243 e. The van der Waals surface area contributed by atoms with E-state index in [4.69, 9.17) is 4.74 Å². The minimum Gasteiger partial charge on any atom is -0.383 e. The molecule has 0 unspecified atom stereocenters. The van der Waals surface area contributed by atoms with E-state index in [1.807, 2.05) is 0 Å². The first-order valence-electron chi connectivity index (χ1n) is 8.41. The Kier molecular flexibility index (Phi) is 7.46. The van der Waals surface area contributed by atoms with E-state index in [0.29, 0.717) is 12.2 Å². The molecule has 0 heterocycles. The van der Waals surface area contributed by atoms with Gasteiger partial charge in [-0.15, -0.1) is 0 Å². The third-order valence-electron chi connectivity index (χ3n) is 3.80. The van der Waals surface area contributed by atoms with Crippen LogP contribution in [0.2, 0.25) is 0 Å². The highest BCUT2D eigenvalue weighted by Gasteiger charge is 2.27. The highest BCUT2D eigenvalue weighted by Crippen LogP contribution is 2.18. The molecule has 0 radical (unpaired) electrons. The largest absolute Gasteiger partial charge is 0.383 e.